The molecule has 0 unspecified atom stereocenters. The minimum Gasteiger partial charge on any atom is -0.309 e. The Morgan fingerprint density at radius 1 is 0.415 bits per heavy atom. The van der Waals surface area contributed by atoms with Gasteiger partial charge >= 0.3 is 0 Å². The van der Waals surface area contributed by atoms with Crippen molar-refractivity contribution in [3.63, 3.8) is 0 Å². The second kappa shape index (κ2) is 11.7. The number of fused-ring (bicyclic) bond motifs is 7. The summed E-state index contributed by atoms with van der Waals surface area (Å²) in [5.41, 5.74) is 15.8. The van der Waals surface area contributed by atoms with Crippen molar-refractivity contribution >= 4 is 32.6 Å². The topological polar surface area (TPSA) is 43.6 Å². The van der Waals surface area contributed by atoms with Crippen LogP contribution in [0.25, 0.3) is 106 Å². The molecule has 10 aromatic rings. The van der Waals surface area contributed by atoms with Gasteiger partial charge in [-0.05, 0) is 75.0 Å². The van der Waals surface area contributed by atoms with Crippen LogP contribution in [-0.4, -0.2) is 19.5 Å². The Balaban J connectivity index is 1.04. The summed E-state index contributed by atoms with van der Waals surface area (Å²) < 4.78 is 2.41. The normalized spacial score (nSPS) is 11.8. The third kappa shape index (κ3) is 4.66. The third-order valence-corrected chi connectivity index (χ3v) is 10.7. The van der Waals surface area contributed by atoms with Gasteiger partial charge in [-0.3, -0.25) is 4.98 Å². The molecule has 3 heterocycles. The van der Waals surface area contributed by atoms with Crippen molar-refractivity contribution in [3.05, 3.63) is 182 Å². The number of para-hydroxylation sites is 1. The molecule has 0 fully saturated rings. The molecule has 0 amide bonds. The van der Waals surface area contributed by atoms with E-state index in [4.69, 9.17) is 9.97 Å². The Hall–Kier alpha value is -7.17. The van der Waals surface area contributed by atoms with E-state index in [9.17, 15) is 0 Å². The molecular weight excluding hydrogens is 645 g/mol. The summed E-state index contributed by atoms with van der Waals surface area (Å²) in [5, 5.41) is 5.19. The van der Waals surface area contributed by atoms with Crippen molar-refractivity contribution in [1.29, 1.82) is 0 Å². The van der Waals surface area contributed by atoms with Crippen molar-refractivity contribution in [1.82, 2.24) is 19.5 Å². The van der Waals surface area contributed by atoms with Crippen molar-refractivity contribution in [2.75, 3.05) is 0 Å². The zero-order valence-corrected chi connectivity index (χ0v) is 28.6. The lowest BCUT2D eigenvalue weighted by Crippen LogP contribution is -1.97. The average molecular weight is 675 g/mol. The van der Waals surface area contributed by atoms with Crippen LogP contribution in [0.3, 0.4) is 0 Å². The molecule has 0 N–H and O–H groups in total. The molecule has 0 spiro atoms. The van der Waals surface area contributed by atoms with Crippen LogP contribution in [0.15, 0.2) is 182 Å². The molecule has 4 nitrogen and oxygen atoms in total. The van der Waals surface area contributed by atoms with E-state index in [-0.39, 0.29) is 0 Å². The minimum atomic E-state index is 0.700. The Labute approximate surface area is 306 Å². The van der Waals surface area contributed by atoms with Crippen molar-refractivity contribution < 1.29 is 0 Å². The van der Waals surface area contributed by atoms with Crippen LogP contribution >= 0.6 is 0 Å². The van der Waals surface area contributed by atoms with E-state index in [0.717, 1.165) is 44.9 Å². The molecule has 0 saturated heterocycles. The van der Waals surface area contributed by atoms with Gasteiger partial charge in [0, 0.05) is 51.1 Å². The first-order chi connectivity index (χ1) is 26.3. The lowest BCUT2D eigenvalue weighted by Gasteiger charge is -2.12. The van der Waals surface area contributed by atoms with Gasteiger partial charge in [0.15, 0.2) is 5.82 Å². The molecule has 11 rings (SSSR count). The summed E-state index contributed by atoms with van der Waals surface area (Å²) >= 11 is 0. The van der Waals surface area contributed by atoms with Gasteiger partial charge in [-0.2, -0.15) is 0 Å². The fourth-order valence-corrected chi connectivity index (χ4v) is 8.22. The molecule has 0 aliphatic heterocycles. The quantitative estimate of drug-likeness (QED) is 0.182. The van der Waals surface area contributed by atoms with Gasteiger partial charge in [0.25, 0.3) is 0 Å². The number of nitrogens with zero attached hydrogens (tertiary/aromatic N) is 4. The maximum absolute atomic E-state index is 5.11. The van der Waals surface area contributed by atoms with Gasteiger partial charge in [-0.15, -0.1) is 0 Å². The smallest absolute Gasteiger partial charge is 0.160 e. The number of hydrogen-bond acceptors (Lipinski definition) is 3. The maximum Gasteiger partial charge on any atom is 0.160 e. The van der Waals surface area contributed by atoms with E-state index in [1.165, 1.54) is 54.8 Å². The van der Waals surface area contributed by atoms with Crippen LogP contribution in [-0.2, 0) is 0 Å². The minimum absolute atomic E-state index is 0.700. The highest BCUT2D eigenvalue weighted by Crippen LogP contribution is 2.52. The van der Waals surface area contributed by atoms with Crippen molar-refractivity contribution in [3.8, 4) is 73.0 Å². The predicted molar refractivity (Wildman–Crippen MR) is 218 cm³/mol. The molecule has 4 heteroatoms. The van der Waals surface area contributed by atoms with Gasteiger partial charge in [0.2, 0.25) is 0 Å². The van der Waals surface area contributed by atoms with Crippen LogP contribution in [0.1, 0.15) is 0 Å². The number of benzene rings is 7. The number of pyridine rings is 1. The lowest BCUT2D eigenvalue weighted by atomic mass is 9.98. The molecule has 1 aliphatic carbocycles. The third-order valence-electron chi connectivity index (χ3n) is 10.7. The van der Waals surface area contributed by atoms with Crippen LogP contribution < -0.4 is 0 Å². The summed E-state index contributed by atoms with van der Waals surface area (Å²) in [7, 11) is 0. The fourth-order valence-electron chi connectivity index (χ4n) is 8.22. The van der Waals surface area contributed by atoms with E-state index < -0.39 is 0 Å². The van der Waals surface area contributed by atoms with Crippen LogP contribution in [0, 0.1) is 0 Å². The summed E-state index contributed by atoms with van der Waals surface area (Å²) in [6.45, 7) is 0. The van der Waals surface area contributed by atoms with Crippen LogP contribution in [0.5, 0.6) is 0 Å². The Bertz CT molecular complexity index is 3010. The Morgan fingerprint density at radius 2 is 1.09 bits per heavy atom. The summed E-state index contributed by atoms with van der Waals surface area (Å²) in [6.07, 6.45) is 3.69. The van der Waals surface area contributed by atoms with E-state index >= 15 is 0 Å². The Morgan fingerprint density at radius 3 is 1.85 bits per heavy atom. The lowest BCUT2D eigenvalue weighted by molar-refractivity contribution is 1.17. The number of hydrogen-bond donors (Lipinski definition) is 0. The molecule has 0 radical (unpaired) electrons. The van der Waals surface area contributed by atoms with Gasteiger partial charge < -0.3 is 4.57 Å². The van der Waals surface area contributed by atoms with Gasteiger partial charge in [0.05, 0.1) is 22.4 Å². The molecule has 0 atom stereocenters. The van der Waals surface area contributed by atoms with E-state index in [1.807, 2.05) is 30.5 Å². The van der Waals surface area contributed by atoms with Crippen LogP contribution in [0.2, 0.25) is 0 Å². The monoisotopic (exact) mass is 674 g/mol. The van der Waals surface area contributed by atoms with Gasteiger partial charge in [-0.1, -0.05) is 133 Å². The van der Waals surface area contributed by atoms with Crippen LogP contribution in [0.4, 0.5) is 0 Å². The zero-order valence-electron chi connectivity index (χ0n) is 28.6. The molecular formula is C49H30N4. The van der Waals surface area contributed by atoms with Crippen molar-refractivity contribution in [2.24, 2.45) is 0 Å². The molecule has 53 heavy (non-hydrogen) atoms. The summed E-state index contributed by atoms with van der Waals surface area (Å²) in [5.74, 6) is 0.700. The first kappa shape index (κ1) is 29.5. The summed E-state index contributed by atoms with van der Waals surface area (Å²) in [4.78, 5) is 14.5. The molecule has 7 aromatic carbocycles. The Kier molecular flexibility index (Phi) is 6.52. The molecule has 0 saturated carbocycles. The van der Waals surface area contributed by atoms with Gasteiger partial charge in [0.1, 0.15) is 0 Å². The second-order valence-corrected chi connectivity index (χ2v) is 13.6. The first-order valence-corrected chi connectivity index (χ1v) is 17.9. The number of rotatable bonds is 5. The molecule has 246 valence electrons. The molecule has 0 bridgehead atoms. The SMILES string of the molecule is c1ccc(-c2nc(-c3ccc(-c4cccnc4)cc3)cc(-c3ccc(-n4c5ccccc5c5c6c(ccc54)-c4cccc5cccc-6c45)cc3)n2)cc1. The molecule has 3 aromatic heterocycles. The predicted octanol–water partition coefficient (Wildman–Crippen LogP) is 12.4. The van der Waals surface area contributed by atoms with Gasteiger partial charge in [-0.25, -0.2) is 9.97 Å². The first-order valence-electron chi connectivity index (χ1n) is 17.9. The second-order valence-electron chi connectivity index (χ2n) is 13.6. The maximum atomic E-state index is 5.11. The average Bonchev–Trinajstić information content (AvgIpc) is 3.75. The highest BCUT2D eigenvalue weighted by Gasteiger charge is 2.26. The number of aromatic nitrogens is 4. The van der Waals surface area contributed by atoms with E-state index in [2.05, 4.69) is 155 Å². The highest BCUT2D eigenvalue weighted by molar-refractivity contribution is 6.26. The standard InChI is InChI=1S/C49H30N4/c1-2-9-35(10-3-1)49-51-42(32-20-18-31(19-21-32)36-13-8-28-50-30-36)29-43(52-49)33-22-24-37(25-23-33)53-44-17-5-4-14-40(44)48-45(53)27-26-39-38-15-6-11-34-12-7-16-41(46(34)38)47(39)48/h1-30H. The van der Waals surface area contributed by atoms with E-state index in [0.29, 0.717) is 5.82 Å². The van der Waals surface area contributed by atoms with Crippen molar-refractivity contribution in [2.45, 2.75) is 0 Å². The fraction of sp³-hybridized carbons (Fsp3) is 0. The van der Waals surface area contributed by atoms with E-state index in [1.54, 1.807) is 6.20 Å². The zero-order chi connectivity index (χ0) is 34.9. The largest absolute Gasteiger partial charge is 0.309 e. The summed E-state index contributed by atoms with van der Waals surface area (Å²) in [6, 6.07) is 60.4. The highest BCUT2D eigenvalue weighted by atomic mass is 15.0. The molecule has 1 aliphatic rings.